The highest BCUT2D eigenvalue weighted by Crippen LogP contribution is 2.48. The molecule has 0 aliphatic heterocycles. The maximum Gasteiger partial charge on any atom is 0.143 e. The van der Waals surface area contributed by atoms with Gasteiger partial charge in [-0.15, -0.1) is 0 Å². The SMILES string of the molecule is c1ccc(-c2c(-c3cccc(N(c4ccc(-c5ccc6oc7ccccc7c6c5)cc4)c4cccc5oc6c7ccccc7ccc6c45)c3)c3ccccc3c3ccccc23)cc1. The summed E-state index contributed by atoms with van der Waals surface area (Å²) >= 11 is 0. The minimum atomic E-state index is 0.851. The molecule has 0 saturated heterocycles. The molecule has 294 valence electrons. The quantitative estimate of drug-likeness (QED) is 0.157. The highest BCUT2D eigenvalue weighted by atomic mass is 16.3. The number of furan rings is 2. The standard InChI is InChI=1S/C60H37NO2/c1-2-15-40(16-3-1)57-49-23-8-6-20-46(49)47-21-7-9-24-50(47)58(57)42-17-12-18-44(36-42)61(53-25-13-27-56-59(53)51-34-30-39-14-4-5-19-45(39)60(51)63-56)43-32-28-38(29-33-43)41-31-35-55-52(37-41)48-22-10-11-26-54(48)62-55/h1-37H. The molecule has 0 bridgehead atoms. The summed E-state index contributed by atoms with van der Waals surface area (Å²) in [6, 6.07) is 80.6. The van der Waals surface area contributed by atoms with Gasteiger partial charge >= 0.3 is 0 Å². The molecule has 63 heavy (non-hydrogen) atoms. The largest absolute Gasteiger partial charge is 0.456 e. The summed E-state index contributed by atoms with van der Waals surface area (Å²) in [4.78, 5) is 2.40. The fourth-order valence-electron chi connectivity index (χ4n) is 10.0. The Kier molecular flexibility index (Phi) is 7.91. The van der Waals surface area contributed by atoms with Gasteiger partial charge in [-0.1, -0.05) is 164 Å². The van der Waals surface area contributed by atoms with Gasteiger partial charge in [0.15, 0.2) is 0 Å². The third-order valence-electron chi connectivity index (χ3n) is 12.8. The van der Waals surface area contributed by atoms with Gasteiger partial charge < -0.3 is 13.7 Å². The summed E-state index contributed by atoms with van der Waals surface area (Å²) in [5.74, 6) is 0. The van der Waals surface area contributed by atoms with Crippen molar-refractivity contribution in [2.75, 3.05) is 4.90 Å². The van der Waals surface area contributed by atoms with E-state index in [0.717, 1.165) is 88.4 Å². The minimum absolute atomic E-state index is 0.851. The number of fused-ring (bicyclic) bond motifs is 11. The molecule has 3 nitrogen and oxygen atoms in total. The van der Waals surface area contributed by atoms with Gasteiger partial charge in [-0.3, -0.25) is 0 Å². The van der Waals surface area contributed by atoms with Crippen LogP contribution in [0, 0.1) is 0 Å². The van der Waals surface area contributed by atoms with Crippen LogP contribution in [0.25, 0.3) is 110 Å². The lowest BCUT2D eigenvalue weighted by atomic mass is 9.85. The predicted molar refractivity (Wildman–Crippen MR) is 265 cm³/mol. The van der Waals surface area contributed by atoms with E-state index in [4.69, 9.17) is 8.83 Å². The Morgan fingerprint density at radius 1 is 0.286 bits per heavy atom. The lowest BCUT2D eigenvalue weighted by molar-refractivity contribution is 0.669. The van der Waals surface area contributed by atoms with Gasteiger partial charge in [0.2, 0.25) is 0 Å². The van der Waals surface area contributed by atoms with Crippen molar-refractivity contribution in [3.8, 4) is 33.4 Å². The fraction of sp³-hybridized carbons (Fsp3) is 0. The molecule has 11 aromatic carbocycles. The molecule has 2 heterocycles. The Morgan fingerprint density at radius 2 is 0.889 bits per heavy atom. The second-order valence-electron chi connectivity index (χ2n) is 16.4. The van der Waals surface area contributed by atoms with Crippen LogP contribution in [0.4, 0.5) is 17.1 Å². The number of anilines is 3. The van der Waals surface area contributed by atoms with Crippen LogP contribution in [0.5, 0.6) is 0 Å². The van der Waals surface area contributed by atoms with Crippen molar-refractivity contribution in [3.63, 3.8) is 0 Å². The second-order valence-corrected chi connectivity index (χ2v) is 16.4. The molecule has 0 fully saturated rings. The molecular weight excluding hydrogens is 767 g/mol. The number of nitrogens with zero attached hydrogens (tertiary/aromatic N) is 1. The van der Waals surface area contributed by atoms with E-state index in [1.54, 1.807) is 0 Å². The normalized spacial score (nSPS) is 11.8. The van der Waals surface area contributed by atoms with Gasteiger partial charge in [0, 0.05) is 32.9 Å². The van der Waals surface area contributed by atoms with E-state index < -0.39 is 0 Å². The zero-order valence-electron chi connectivity index (χ0n) is 34.1. The summed E-state index contributed by atoms with van der Waals surface area (Å²) in [7, 11) is 0. The average Bonchev–Trinajstić information content (AvgIpc) is 3.93. The van der Waals surface area contributed by atoms with Crippen molar-refractivity contribution >= 4 is 93.3 Å². The number of benzene rings is 11. The van der Waals surface area contributed by atoms with E-state index >= 15 is 0 Å². The number of hydrogen-bond donors (Lipinski definition) is 0. The van der Waals surface area contributed by atoms with E-state index in [1.807, 2.05) is 12.1 Å². The zero-order chi connectivity index (χ0) is 41.4. The lowest BCUT2D eigenvalue weighted by Crippen LogP contribution is -2.10. The second kappa shape index (κ2) is 14.1. The van der Waals surface area contributed by atoms with E-state index in [-0.39, 0.29) is 0 Å². The smallest absolute Gasteiger partial charge is 0.143 e. The van der Waals surface area contributed by atoms with Crippen LogP contribution in [0.15, 0.2) is 233 Å². The molecule has 0 N–H and O–H groups in total. The molecule has 0 atom stereocenters. The van der Waals surface area contributed by atoms with E-state index in [0.29, 0.717) is 0 Å². The molecule has 2 aromatic heterocycles. The molecule has 13 aromatic rings. The van der Waals surface area contributed by atoms with E-state index in [2.05, 4.69) is 217 Å². The zero-order valence-corrected chi connectivity index (χ0v) is 34.1. The van der Waals surface area contributed by atoms with Gasteiger partial charge in [0.05, 0.1) is 11.1 Å². The molecule has 3 heteroatoms. The van der Waals surface area contributed by atoms with Crippen LogP contribution in [0.3, 0.4) is 0 Å². The topological polar surface area (TPSA) is 29.5 Å². The molecule has 0 aliphatic carbocycles. The van der Waals surface area contributed by atoms with Crippen molar-refractivity contribution < 1.29 is 8.83 Å². The molecule has 13 rings (SSSR count). The first-order valence-electron chi connectivity index (χ1n) is 21.5. The monoisotopic (exact) mass is 803 g/mol. The van der Waals surface area contributed by atoms with Crippen molar-refractivity contribution in [1.29, 1.82) is 0 Å². The van der Waals surface area contributed by atoms with Crippen molar-refractivity contribution in [1.82, 2.24) is 0 Å². The maximum absolute atomic E-state index is 6.78. The Balaban J connectivity index is 1.04. The van der Waals surface area contributed by atoms with Gasteiger partial charge in [-0.25, -0.2) is 0 Å². The summed E-state index contributed by atoms with van der Waals surface area (Å²) in [6.45, 7) is 0. The third-order valence-corrected chi connectivity index (χ3v) is 12.8. The molecule has 0 radical (unpaired) electrons. The van der Waals surface area contributed by atoms with Crippen LogP contribution in [0.1, 0.15) is 0 Å². The molecule has 0 amide bonds. The first kappa shape index (κ1) is 35.4. The average molecular weight is 804 g/mol. The number of para-hydroxylation sites is 1. The van der Waals surface area contributed by atoms with Crippen LogP contribution < -0.4 is 4.90 Å². The fourth-order valence-corrected chi connectivity index (χ4v) is 10.0. The van der Waals surface area contributed by atoms with Gasteiger partial charge in [0.25, 0.3) is 0 Å². The summed E-state index contributed by atoms with van der Waals surface area (Å²) in [5.41, 5.74) is 13.7. The molecule has 0 aliphatic rings. The van der Waals surface area contributed by atoms with Crippen molar-refractivity contribution in [2.45, 2.75) is 0 Å². The summed E-state index contributed by atoms with van der Waals surface area (Å²) in [5, 5.41) is 11.6. The van der Waals surface area contributed by atoms with Crippen LogP contribution in [-0.4, -0.2) is 0 Å². The van der Waals surface area contributed by atoms with Gasteiger partial charge in [-0.05, 0) is 121 Å². The summed E-state index contributed by atoms with van der Waals surface area (Å²) in [6.07, 6.45) is 0. The van der Waals surface area contributed by atoms with Gasteiger partial charge in [0.1, 0.15) is 22.3 Å². The molecule has 0 spiro atoms. The first-order chi connectivity index (χ1) is 31.2. The minimum Gasteiger partial charge on any atom is -0.456 e. The highest BCUT2D eigenvalue weighted by Gasteiger charge is 2.23. The number of hydrogen-bond acceptors (Lipinski definition) is 3. The highest BCUT2D eigenvalue weighted by molar-refractivity contribution is 6.22. The maximum atomic E-state index is 6.78. The van der Waals surface area contributed by atoms with Crippen LogP contribution >= 0.6 is 0 Å². The summed E-state index contributed by atoms with van der Waals surface area (Å²) < 4.78 is 13.0. The molecule has 0 saturated carbocycles. The van der Waals surface area contributed by atoms with E-state index in [9.17, 15) is 0 Å². The van der Waals surface area contributed by atoms with Crippen LogP contribution in [0.2, 0.25) is 0 Å². The molecular formula is C60H37NO2. The Morgan fingerprint density at radius 3 is 1.68 bits per heavy atom. The first-order valence-corrected chi connectivity index (χ1v) is 21.5. The number of rotatable bonds is 6. The van der Waals surface area contributed by atoms with Crippen LogP contribution in [-0.2, 0) is 0 Å². The van der Waals surface area contributed by atoms with E-state index in [1.165, 1.54) is 38.2 Å². The van der Waals surface area contributed by atoms with Crippen molar-refractivity contribution in [2.24, 2.45) is 0 Å². The lowest BCUT2D eigenvalue weighted by Gasteiger charge is -2.27. The Labute approximate surface area is 363 Å². The predicted octanol–water partition coefficient (Wildman–Crippen LogP) is 17.4. The van der Waals surface area contributed by atoms with Crippen molar-refractivity contribution in [3.05, 3.63) is 224 Å². The Hall–Kier alpha value is -8.40. The van der Waals surface area contributed by atoms with Gasteiger partial charge in [-0.2, -0.15) is 0 Å². The third kappa shape index (κ3) is 5.60. The Bertz CT molecular complexity index is 3910. The molecule has 0 unspecified atom stereocenters.